The van der Waals surface area contributed by atoms with Gasteiger partial charge in [-0.25, -0.2) is 4.39 Å². The first-order chi connectivity index (χ1) is 12.5. The van der Waals surface area contributed by atoms with Crippen molar-refractivity contribution in [3.05, 3.63) is 59.4 Å². The van der Waals surface area contributed by atoms with Gasteiger partial charge in [0.05, 0.1) is 20.1 Å². The summed E-state index contributed by atoms with van der Waals surface area (Å²) < 4.78 is 24.5. The van der Waals surface area contributed by atoms with Crippen molar-refractivity contribution in [2.24, 2.45) is 5.92 Å². The molecular formula is C20H22FNO4. The van der Waals surface area contributed by atoms with E-state index in [1.807, 2.05) is 29.2 Å². The second kappa shape index (κ2) is 7.74. The van der Waals surface area contributed by atoms with Crippen LogP contribution in [0.2, 0.25) is 0 Å². The normalized spacial score (nSPS) is 20.1. The number of benzene rings is 2. The first kappa shape index (κ1) is 18.2. The number of nitrogens with zero attached hydrogens (tertiary/aromatic N) is 1. The summed E-state index contributed by atoms with van der Waals surface area (Å²) >= 11 is 0. The lowest BCUT2D eigenvalue weighted by Gasteiger charge is -2.17. The highest BCUT2D eigenvalue weighted by Gasteiger charge is 2.38. The van der Waals surface area contributed by atoms with Gasteiger partial charge in [-0.1, -0.05) is 18.2 Å². The molecule has 138 valence electrons. The Balaban J connectivity index is 1.80. The third-order valence-electron chi connectivity index (χ3n) is 4.89. The minimum Gasteiger partial charge on any atom is -0.497 e. The Labute approximate surface area is 152 Å². The molecule has 1 aliphatic heterocycles. The maximum atomic E-state index is 14.2. The van der Waals surface area contributed by atoms with E-state index in [-0.39, 0.29) is 11.7 Å². The van der Waals surface area contributed by atoms with E-state index in [0.717, 1.165) is 5.56 Å². The molecule has 2 aromatic rings. The molecule has 1 heterocycles. The molecule has 5 nitrogen and oxygen atoms in total. The van der Waals surface area contributed by atoms with E-state index < -0.39 is 11.9 Å². The van der Waals surface area contributed by atoms with E-state index in [1.54, 1.807) is 19.2 Å². The molecule has 26 heavy (non-hydrogen) atoms. The highest BCUT2D eigenvalue weighted by atomic mass is 19.1. The lowest BCUT2D eigenvalue weighted by atomic mass is 9.89. The lowest BCUT2D eigenvalue weighted by Crippen LogP contribution is -2.23. The summed E-state index contributed by atoms with van der Waals surface area (Å²) in [5.74, 6) is -0.722. The molecule has 0 radical (unpaired) electrons. The smallest absolute Gasteiger partial charge is 0.308 e. The van der Waals surface area contributed by atoms with Gasteiger partial charge in [0.15, 0.2) is 0 Å². The maximum absolute atomic E-state index is 14.2. The van der Waals surface area contributed by atoms with Crippen molar-refractivity contribution >= 4 is 5.97 Å². The van der Waals surface area contributed by atoms with Gasteiger partial charge in [-0.3, -0.25) is 9.69 Å². The first-order valence-corrected chi connectivity index (χ1v) is 8.43. The summed E-state index contributed by atoms with van der Waals surface area (Å²) in [4.78, 5) is 13.7. The van der Waals surface area contributed by atoms with Crippen molar-refractivity contribution in [1.82, 2.24) is 4.90 Å². The number of carboxylic acid groups (broad SMARTS) is 1. The van der Waals surface area contributed by atoms with Crippen molar-refractivity contribution in [3.8, 4) is 11.5 Å². The molecule has 1 saturated heterocycles. The second-order valence-corrected chi connectivity index (χ2v) is 6.48. The summed E-state index contributed by atoms with van der Waals surface area (Å²) in [5, 5.41) is 9.63. The number of halogens is 1. The van der Waals surface area contributed by atoms with Gasteiger partial charge in [0, 0.05) is 37.2 Å². The van der Waals surface area contributed by atoms with Crippen LogP contribution in [-0.4, -0.2) is 43.3 Å². The summed E-state index contributed by atoms with van der Waals surface area (Å²) in [6, 6.07) is 12.2. The Morgan fingerprint density at radius 2 is 1.88 bits per heavy atom. The van der Waals surface area contributed by atoms with Crippen molar-refractivity contribution in [3.63, 3.8) is 0 Å². The molecule has 1 aliphatic rings. The highest BCUT2D eigenvalue weighted by molar-refractivity contribution is 5.72. The van der Waals surface area contributed by atoms with E-state index in [1.165, 1.54) is 13.2 Å². The predicted octanol–water partition coefficient (Wildman–Crippen LogP) is 3.14. The summed E-state index contributed by atoms with van der Waals surface area (Å²) in [6.07, 6.45) is 0. The molecule has 0 amide bonds. The maximum Gasteiger partial charge on any atom is 0.308 e. The summed E-state index contributed by atoms with van der Waals surface area (Å²) in [6.45, 7) is 1.29. The zero-order valence-corrected chi connectivity index (χ0v) is 14.8. The third-order valence-corrected chi connectivity index (χ3v) is 4.89. The molecule has 1 N–H and O–H groups in total. The minimum absolute atomic E-state index is 0.163. The minimum atomic E-state index is -0.837. The van der Waals surface area contributed by atoms with E-state index >= 15 is 0 Å². The second-order valence-electron chi connectivity index (χ2n) is 6.48. The summed E-state index contributed by atoms with van der Waals surface area (Å²) in [7, 11) is 3.08. The number of rotatable bonds is 6. The first-order valence-electron chi connectivity index (χ1n) is 8.43. The molecule has 3 rings (SSSR count). The van der Waals surface area contributed by atoms with Crippen molar-refractivity contribution < 1.29 is 23.8 Å². The number of methoxy groups -OCH3 is 2. The third kappa shape index (κ3) is 3.80. The lowest BCUT2D eigenvalue weighted by molar-refractivity contribution is -0.141. The Morgan fingerprint density at radius 1 is 1.15 bits per heavy atom. The molecule has 0 aliphatic carbocycles. The summed E-state index contributed by atoms with van der Waals surface area (Å²) in [5.41, 5.74) is 1.45. The Hall–Kier alpha value is -2.60. The van der Waals surface area contributed by atoms with Crippen molar-refractivity contribution in [2.75, 3.05) is 27.3 Å². The monoisotopic (exact) mass is 359 g/mol. The van der Waals surface area contributed by atoms with E-state index in [4.69, 9.17) is 9.47 Å². The van der Waals surface area contributed by atoms with Gasteiger partial charge in [-0.05, 0) is 23.8 Å². The van der Waals surface area contributed by atoms with Gasteiger partial charge < -0.3 is 14.6 Å². The topological polar surface area (TPSA) is 59.0 Å². The zero-order valence-electron chi connectivity index (χ0n) is 14.8. The number of hydrogen-bond acceptors (Lipinski definition) is 4. The van der Waals surface area contributed by atoms with E-state index in [0.29, 0.717) is 36.7 Å². The fraction of sp³-hybridized carbons (Fsp3) is 0.350. The van der Waals surface area contributed by atoms with Crippen LogP contribution in [0.4, 0.5) is 4.39 Å². The molecule has 6 heteroatoms. The molecular weight excluding hydrogens is 337 g/mol. The van der Waals surface area contributed by atoms with Crippen molar-refractivity contribution in [2.45, 2.75) is 12.5 Å². The van der Waals surface area contributed by atoms with Gasteiger partial charge in [0.1, 0.15) is 17.3 Å². The standard InChI is InChI=1S/C20H22FNO4/c1-25-15-5-3-4-13(8-15)17-11-22(12-18(17)20(23)24)10-14-6-7-16(26-2)9-19(14)21/h3-9,17-18H,10-12H2,1-2H3,(H,23,24)/t17-,18+/m0/s1. The van der Waals surface area contributed by atoms with Crippen LogP contribution < -0.4 is 9.47 Å². The van der Waals surface area contributed by atoms with Crippen LogP contribution in [0, 0.1) is 11.7 Å². The molecule has 0 aromatic heterocycles. The largest absolute Gasteiger partial charge is 0.497 e. The molecule has 0 bridgehead atoms. The average molecular weight is 359 g/mol. The van der Waals surface area contributed by atoms with Crippen LogP contribution in [0.1, 0.15) is 17.0 Å². The van der Waals surface area contributed by atoms with Gasteiger partial charge in [0.2, 0.25) is 0 Å². The van der Waals surface area contributed by atoms with Gasteiger partial charge in [-0.15, -0.1) is 0 Å². The van der Waals surface area contributed by atoms with Gasteiger partial charge in [-0.2, -0.15) is 0 Å². The Morgan fingerprint density at radius 3 is 2.54 bits per heavy atom. The fourth-order valence-electron chi connectivity index (χ4n) is 3.50. The van der Waals surface area contributed by atoms with Crippen LogP contribution in [0.15, 0.2) is 42.5 Å². The van der Waals surface area contributed by atoms with Crippen LogP contribution >= 0.6 is 0 Å². The van der Waals surface area contributed by atoms with Crippen LogP contribution in [0.5, 0.6) is 11.5 Å². The average Bonchev–Trinajstić information content (AvgIpc) is 3.07. The molecule has 0 unspecified atom stereocenters. The Bertz CT molecular complexity index is 795. The fourth-order valence-corrected chi connectivity index (χ4v) is 3.50. The van der Waals surface area contributed by atoms with Crippen LogP contribution in [0.25, 0.3) is 0 Å². The number of ether oxygens (including phenoxy) is 2. The quantitative estimate of drug-likeness (QED) is 0.859. The number of carbonyl (C=O) groups is 1. The molecule has 2 atom stereocenters. The molecule has 0 spiro atoms. The van der Waals surface area contributed by atoms with Crippen LogP contribution in [0.3, 0.4) is 0 Å². The van der Waals surface area contributed by atoms with E-state index in [9.17, 15) is 14.3 Å². The van der Waals surface area contributed by atoms with E-state index in [2.05, 4.69) is 0 Å². The molecule has 2 aromatic carbocycles. The Kier molecular flexibility index (Phi) is 5.42. The highest BCUT2D eigenvalue weighted by Crippen LogP contribution is 2.35. The molecule has 1 fully saturated rings. The number of likely N-dealkylation sites (tertiary alicyclic amines) is 1. The number of aliphatic carboxylic acids is 1. The number of carboxylic acids is 1. The van der Waals surface area contributed by atoms with Crippen molar-refractivity contribution in [1.29, 1.82) is 0 Å². The predicted molar refractivity (Wildman–Crippen MR) is 95.1 cm³/mol. The SMILES string of the molecule is COc1cccc([C@@H]2CN(Cc3ccc(OC)cc3F)C[C@H]2C(=O)O)c1. The number of hydrogen-bond donors (Lipinski definition) is 1. The van der Waals surface area contributed by atoms with Gasteiger partial charge in [0.25, 0.3) is 0 Å². The molecule has 0 saturated carbocycles. The van der Waals surface area contributed by atoms with Gasteiger partial charge >= 0.3 is 5.97 Å². The van der Waals surface area contributed by atoms with Crippen LogP contribution in [-0.2, 0) is 11.3 Å². The zero-order chi connectivity index (χ0) is 18.7.